The van der Waals surface area contributed by atoms with E-state index in [2.05, 4.69) is 10.6 Å². The van der Waals surface area contributed by atoms with Crippen molar-refractivity contribution in [2.24, 2.45) is 0 Å². The lowest BCUT2D eigenvalue weighted by Crippen LogP contribution is -2.16. The van der Waals surface area contributed by atoms with Crippen LogP contribution in [0.15, 0.2) is 42.5 Å². The van der Waals surface area contributed by atoms with E-state index in [4.69, 9.17) is 23.2 Å². The van der Waals surface area contributed by atoms with Crippen molar-refractivity contribution < 1.29 is 9.72 Å². The Morgan fingerprint density at radius 3 is 2.61 bits per heavy atom. The summed E-state index contributed by atoms with van der Waals surface area (Å²) in [6.07, 6.45) is 0.120. The van der Waals surface area contributed by atoms with Gasteiger partial charge in [0.2, 0.25) is 5.91 Å². The normalized spacial score (nSPS) is 10.2. The molecule has 0 atom stereocenters. The smallest absolute Gasteiger partial charge is 0.292 e. The average Bonchev–Trinajstić information content (AvgIpc) is 2.51. The standard InChI is InChI=1S/C15H13Cl2N3O3/c16-10-5-6-11(17)13(9-10)19-15(21)7-8-18-12-3-1-2-4-14(12)20(22)23/h1-6,9,18H,7-8H2,(H,19,21). The monoisotopic (exact) mass is 353 g/mol. The van der Waals surface area contributed by atoms with Gasteiger partial charge in [-0.05, 0) is 24.3 Å². The van der Waals surface area contributed by atoms with E-state index >= 15 is 0 Å². The van der Waals surface area contributed by atoms with E-state index in [1.807, 2.05) is 0 Å². The van der Waals surface area contributed by atoms with Gasteiger partial charge in [0.05, 0.1) is 15.6 Å². The first-order valence-electron chi connectivity index (χ1n) is 6.69. The molecule has 2 rings (SSSR count). The summed E-state index contributed by atoms with van der Waals surface area (Å²) in [7, 11) is 0. The Balaban J connectivity index is 1.90. The highest BCUT2D eigenvalue weighted by Gasteiger charge is 2.12. The quantitative estimate of drug-likeness (QED) is 0.597. The molecule has 6 nitrogen and oxygen atoms in total. The maximum Gasteiger partial charge on any atom is 0.292 e. The van der Waals surface area contributed by atoms with E-state index in [0.717, 1.165) is 0 Å². The van der Waals surface area contributed by atoms with Crippen LogP contribution in [-0.2, 0) is 4.79 Å². The SMILES string of the molecule is O=C(CCNc1ccccc1[N+](=O)[O-])Nc1cc(Cl)ccc1Cl. The molecule has 0 radical (unpaired) electrons. The summed E-state index contributed by atoms with van der Waals surface area (Å²) in [5.41, 5.74) is 0.756. The van der Waals surface area contributed by atoms with E-state index in [-0.39, 0.29) is 24.6 Å². The molecule has 23 heavy (non-hydrogen) atoms. The molecular weight excluding hydrogens is 341 g/mol. The molecule has 2 aromatic rings. The van der Waals surface area contributed by atoms with Crippen LogP contribution in [0.1, 0.15) is 6.42 Å². The molecule has 2 aromatic carbocycles. The zero-order valence-corrected chi connectivity index (χ0v) is 13.4. The Labute approximate surface area is 142 Å². The molecule has 0 saturated heterocycles. The Bertz CT molecular complexity index is 738. The maximum absolute atomic E-state index is 11.9. The lowest BCUT2D eigenvalue weighted by Gasteiger charge is -2.09. The van der Waals surface area contributed by atoms with Crippen LogP contribution in [0.4, 0.5) is 17.1 Å². The Morgan fingerprint density at radius 1 is 1.13 bits per heavy atom. The number of benzene rings is 2. The molecule has 0 aliphatic rings. The third kappa shape index (κ3) is 4.84. The van der Waals surface area contributed by atoms with Crippen molar-refractivity contribution >= 4 is 46.2 Å². The number of nitro groups is 1. The van der Waals surface area contributed by atoms with Crippen molar-refractivity contribution in [1.29, 1.82) is 0 Å². The fourth-order valence-corrected chi connectivity index (χ4v) is 2.24. The Kier molecular flexibility index (Phi) is 5.78. The minimum absolute atomic E-state index is 0.0363. The summed E-state index contributed by atoms with van der Waals surface area (Å²) < 4.78 is 0. The summed E-state index contributed by atoms with van der Waals surface area (Å²) in [5.74, 6) is -0.278. The fraction of sp³-hybridized carbons (Fsp3) is 0.133. The molecule has 0 aliphatic heterocycles. The third-order valence-corrected chi connectivity index (χ3v) is 3.54. The van der Waals surface area contributed by atoms with Gasteiger partial charge in [-0.25, -0.2) is 0 Å². The average molecular weight is 354 g/mol. The maximum atomic E-state index is 11.9. The van der Waals surface area contributed by atoms with E-state index in [1.165, 1.54) is 6.07 Å². The minimum Gasteiger partial charge on any atom is -0.379 e. The first-order valence-corrected chi connectivity index (χ1v) is 7.45. The topological polar surface area (TPSA) is 84.3 Å². The van der Waals surface area contributed by atoms with Crippen LogP contribution in [0.2, 0.25) is 10.0 Å². The van der Waals surface area contributed by atoms with Gasteiger partial charge in [0.25, 0.3) is 5.69 Å². The molecule has 0 bridgehead atoms. The number of nitrogens with zero attached hydrogens (tertiary/aromatic N) is 1. The first-order chi connectivity index (χ1) is 11.0. The van der Waals surface area contributed by atoms with Crippen molar-refractivity contribution in [1.82, 2.24) is 0 Å². The molecule has 0 unspecified atom stereocenters. The second-order valence-electron chi connectivity index (χ2n) is 4.62. The van der Waals surface area contributed by atoms with Gasteiger partial charge in [0.1, 0.15) is 5.69 Å². The molecule has 0 aromatic heterocycles. The van der Waals surface area contributed by atoms with E-state index in [0.29, 0.717) is 21.4 Å². The van der Waals surface area contributed by atoms with Crippen LogP contribution in [0.25, 0.3) is 0 Å². The molecular formula is C15H13Cl2N3O3. The molecule has 8 heteroatoms. The van der Waals surface area contributed by atoms with Gasteiger partial charge in [-0.3, -0.25) is 14.9 Å². The number of nitro benzene ring substituents is 1. The van der Waals surface area contributed by atoms with E-state index in [1.54, 1.807) is 36.4 Å². The second kappa shape index (κ2) is 7.80. The number of amides is 1. The van der Waals surface area contributed by atoms with Gasteiger partial charge in [-0.2, -0.15) is 0 Å². The number of halogens is 2. The van der Waals surface area contributed by atoms with E-state index < -0.39 is 4.92 Å². The minimum atomic E-state index is -0.478. The number of carbonyl (C=O) groups excluding carboxylic acids is 1. The molecule has 2 N–H and O–H groups in total. The molecule has 0 aliphatic carbocycles. The second-order valence-corrected chi connectivity index (χ2v) is 5.47. The number of nitrogens with one attached hydrogen (secondary N) is 2. The van der Waals surface area contributed by atoms with Gasteiger partial charge < -0.3 is 10.6 Å². The zero-order chi connectivity index (χ0) is 16.8. The van der Waals surface area contributed by atoms with Crippen molar-refractivity contribution in [3.05, 3.63) is 62.6 Å². The lowest BCUT2D eigenvalue weighted by molar-refractivity contribution is -0.384. The fourth-order valence-electron chi connectivity index (χ4n) is 1.90. The van der Waals surface area contributed by atoms with Crippen molar-refractivity contribution in [3.63, 3.8) is 0 Å². The molecule has 0 heterocycles. The van der Waals surface area contributed by atoms with Gasteiger partial charge in [-0.1, -0.05) is 35.3 Å². The first kappa shape index (κ1) is 17.1. The van der Waals surface area contributed by atoms with Gasteiger partial charge in [0.15, 0.2) is 0 Å². The number of para-hydroxylation sites is 2. The highest BCUT2D eigenvalue weighted by molar-refractivity contribution is 6.35. The summed E-state index contributed by atoms with van der Waals surface area (Å²) in [6, 6.07) is 11.0. The summed E-state index contributed by atoms with van der Waals surface area (Å²) >= 11 is 11.8. The lowest BCUT2D eigenvalue weighted by atomic mass is 10.2. The Morgan fingerprint density at radius 2 is 1.87 bits per heavy atom. The summed E-state index contributed by atoms with van der Waals surface area (Å²) in [4.78, 5) is 22.3. The van der Waals surface area contributed by atoms with Crippen molar-refractivity contribution in [3.8, 4) is 0 Å². The predicted octanol–water partition coefficient (Wildman–Crippen LogP) is 4.34. The number of rotatable bonds is 6. The van der Waals surface area contributed by atoms with Crippen LogP contribution in [0, 0.1) is 10.1 Å². The van der Waals surface area contributed by atoms with Crippen LogP contribution < -0.4 is 10.6 Å². The summed E-state index contributed by atoms with van der Waals surface area (Å²) in [5, 5.41) is 17.3. The molecule has 0 spiro atoms. The van der Waals surface area contributed by atoms with Gasteiger partial charge in [0, 0.05) is 24.1 Å². The summed E-state index contributed by atoms with van der Waals surface area (Å²) in [6.45, 7) is 0.245. The molecule has 120 valence electrons. The largest absolute Gasteiger partial charge is 0.379 e. The Hall–Kier alpha value is -2.31. The van der Waals surface area contributed by atoms with Gasteiger partial charge >= 0.3 is 0 Å². The van der Waals surface area contributed by atoms with Gasteiger partial charge in [-0.15, -0.1) is 0 Å². The van der Waals surface area contributed by atoms with Crippen LogP contribution >= 0.6 is 23.2 Å². The molecule has 0 fully saturated rings. The highest BCUT2D eigenvalue weighted by Crippen LogP contribution is 2.26. The van der Waals surface area contributed by atoms with E-state index in [9.17, 15) is 14.9 Å². The predicted molar refractivity (Wildman–Crippen MR) is 91.3 cm³/mol. The number of hydrogen-bond acceptors (Lipinski definition) is 4. The number of carbonyl (C=O) groups is 1. The number of anilines is 2. The zero-order valence-electron chi connectivity index (χ0n) is 11.9. The van der Waals surface area contributed by atoms with Crippen LogP contribution in [0.5, 0.6) is 0 Å². The third-order valence-electron chi connectivity index (χ3n) is 2.97. The van der Waals surface area contributed by atoms with Crippen molar-refractivity contribution in [2.45, 2.75) is 6.42 Å². The number of hydrogen-bond donors (Lipinski definition) is 2. The molecule has 0 saturated carbocycles. The van der Waals surface area contributed by atoms with Crippen LogP contribution in [-0.4, -0.2) is 17.4 Å². The van der Waals surface area contributed by atoms with Crippen LogP contribution in [0.3, 0.4) is 0 Å². The van der Waals surface area contributed by atoms with Crippen molar-refractivity contribution in [2.75, 3.05) is 17.2 Å². The highest BCUT2D eigenvalue weighted by atomic mass is 35.5. The molecule has 1 amide bonds.